The number of aromatic nitrogens is 2. The second kappa shape index (κ2) is 6.01. The third-order valence-electron chi connectivity index (χ3n) is 4.68. The Morgan fingerprint density at radius 3 is 2.95 bits per heavy atom. The zero-order chi connectivity index (χ0) is 15.7. The second-order valence-electron chi connectivity index (χ2n) is 6.66. The van der Waals surface area contributed by atoms with Gasteiger partial charge in [-0.2, -0.15) is 0 Å². The fourth-order valence-corrected chi connectivity index (χ4v) is 3.94. The lowest BCUT2D eigenvalue weighted by atomic mass is 9.74. The molecule has 3 heterocycles. The standard InChI is InChI=1S/C16H23N3O2S/c1-11-13(19-6-9-22-15(19)18-11)14(20)17-10-16(2,3)12-4-7-21-8-5-12/h6,9,12H,4-5,7-8,10H2,1-3H3,(H,17,20). The highest BCUT2D eigenvalue weighted by molar-refractivity contribution is 7.15. The highest BCUT2D eigenvalue weighted by atomic mass is 32.1. The summed E-state index contributed by atoms with van der Waals surface area (Å²) in [6.07, 6.45) is 4.05. The number of amides is 1. The summed E-state index contributed by atoms with van der Waals surface area (Å²) < 4.78 is 7.31. The van der Waals surface area contributed by atoms with E-state index in [0.29, 0.717) is 18.2 Å². The Hall–Kier alpha value is -1.40. The summed E-state index contributed by atoms with van der Waals surface area (Å²) >= 11 is 1.54. The molecule has 0 aromatic carbocycles. The molecule has 1 saturated heterocycles. The molecule has 120 valence electrons. The average Bonchev–Trinajstić information content (AvgIpc) is 3.05. The van der Waals surface area contributed by atoms with Gasteiger partial charge in [-0.3, -0.25) is 9.20 Å². The molecular formula is C16H23N3O2S. The topological polar surface area (TPSA) is 55.6 Å². The molecule has 0 atom stereocenters. The van der Waals surface area contributed by atoms with E-state index < -0.39 is 0 Å². The first-order valence-electron chi connectivity index (χ1n) is 7.77. The first-order chi connectivity index (χ1) is 10.5. The number of nitrogens with zero attached hydrogens (tertiary/aromatic N) is 2. The molecule has 3 rings (SSSR count). The quantitative estimate of drug-likeness (QED) is 0.942. The van der Waals surface area contributed by atoms with Crippen molar-refractivity contribution in [3.63, 3.8) is 0 Å². The minimum atomic E-state index is -0.0384. The van der Waals surface area contributed by atoms with E-state index in [4.69, 9.17) is 4.74 Å². The summed E-state index contributed by atoms with van der Waals surface area (Å²) in [5, 5.41) is 5.06. The predicted octanol–water partition coefficient (Wildman–Crippen LogP) is 2.89. The van der Waals surface area contributed by atoms with Crippen LogP contribution < -0.4 is 5.32 Å². The smallest absolute Gasteiger partial charge is 0.270 e. The van der Waals surface area contributed by atoms with Gasteiger partial charge in [-0.05, 0) is 31.1 Å². The number of imidazole rings is 1. The van der Waals surface area contributed by atoms with Crippen molar-refractivity contribution in [3.8, 4) is 0 Å². The van der Waals surface area contributed by atoms with Crippen molar-refractivity contribution in [2.75, 3.05) is 19.8 Å². The fraction of sp³-hybridized carbons (Fsp3) is 0.625. The maximum absolute atomic E-state index is 12.6. The van der Waals surface area contributed by atoms with Gasteiger partial charge in [0.1, 0.15) is 5.69 Å². The SMILES string of the molecule is Cc1nc2sccn2c1C(=O)NCC(C)(C)C1CCOCC1. The summed E-state index contributed by atoms with van der Waals surface area (Å²) in [7, 11) is 0. The van der Waals surface area contributed by atoms with Crippen LogP contribution in [0.15, 0.2) is 11.6 Å². The van der Waals surface area contributed by atoms with Crippen molar-refractivity contribution in [1.82, 2.24) is 14.7 Å². The van der Waals surface area contributed by atoms with Crippen LogP contribution in [0.1, 0.15) is 42.9 Å². The number of fused-ring (bicyclic) bond motifs is 1. The van der Waals surface area contributed by atoms with E-state index in [1.165, 1.54) is 0 Å². The zero-order valence-corrected chi connectivity index (χ0v) is 14.2. The molecule has 0 bridgehead atoms. The lowest BCUT2D eigenvalue weighted by Gasteiger charge is -2.37. The first-order valence-corrected chi connectivity index (χ1v) is 8.65. The van der Waals surface area contributed by atoms with Crippen molar-refractivity contribution in [2.45, 2.75) is 33.6 Å². The molecule has 1 aliphatic heterocycles. The lowest BCUT2D eigenvalue weighted by molar-refractivity contribution is 0.0227. The summed E-state index contributed by atoms with van der Waals surface area (Å²) in [6, 6.07) is 0. The molecule has 22 heavy (non-hydrogen) atoms. The van der Waals surface area contributed by atoms with Gasteiger partial charge in [0.05, 0.1) is 5.69 Å². The monoisotopic (exact) mass is 321 g/mol. The summed E-state index contributed by atoms with van der Waals surface area (Å²) in [4.78, 5) is 17.9. The number of rotatable bonds is 4. The Morgan fingerprint density at radius 2 is 2.23 bits per heavy atom. The minimum absolute atomic E-state index is 0.0384. The van der Waals surface area contributed by atoms with Gasteiger partial charge >= 0.3 is 0 Å². The van der Waals surface area contributed by atoms with E-state index in [-0.39, 0.29) is 11.3 Å². The van der Waals surface area contributed by atoms with Crippen molar-refractivity contribution in [2.24, 2.45) is 11.3 Å². The molecule has 1 amide bonds. The zero-order valence-electron chi connectivity index (χ0n) is 13.4. The Balaban J connectivity index is 1.69. The van der Waals surface area contributed by atoms with E-state index in [1.54, 1.807) is 11.3 Å². The van der Waals surface area contributed by atoms with E-state index in [2.05, 4.69) is 24.1 Å². The third kappa shape index (κ3) is 2.90. The van der Waals surface area contributed by atoms with E-state index in [0.717, 1.165) is 36.7 Å². The number of hydrogen-bond acceptors (Lipinski definition) is 4. The highest BCUT2D eigenvalue weighted by Gasteiger charge is 2.31. The molecule has 0 aliphatic carbocycles. The maximum Gasteiger partial charge on any atom is 0.270 e. The number of hydrogen-bond donors (Lipinski definition) is 1. The molecule has 1 fully saturated rings. The summed E-state index contributed by atoms with van der Waals surface area (Å²) in [6.45, 7) is 8.68. The second-order valence-corrected chi connectivity index (χ2v) is 7.53. The molecule has 1 N–H and O–H groups in total. The van der Waals surface area contributed by atoms with Crippen LogP contribution in [0.3, 0.4) is 0 Å². The molecule has 2 aromatic rings. The molecule has 6 heteroatoms. The van der Waals surface area contributed by atoms with Crippen LogP contribution in [-0.4, -0.2) is 35.1 Å². The number of carbonyl (C=O) groups is 1. The molecule has 5 nitrogen and oxygen atoms in total. The highest BCUT2D eigenvalue weighted by Crippen LogP contribution is 2.33. The van der Waals surface area contributed by atoms with Gasteiger partial charge in [0, 0.05) is 31.3 Å². The molecular weight excluding hydrogens is 298 g/mol. The molecule has 0 unspecified atom stereocenters. The van der Waals surface area contributed by atoms with Gasteiger partial charge in [-0.25, -0.2) is 4.98 Å². The van der Waals surface area contributed by atoms with Crippen LogP contribution in [0.25, 0.3) is 4.96 Å². The molecule has 0 radical (unpaired) electrons. The van der Waals surface area contributed by atoms with Gasteiger partial charge in [-0.15, -0.1) is 11.3 Å². The van der Waals surface area contributed by atoms with Crippen LogP contribution in [0.2, 0.25) is 0 Å². The van der Waals surface area contributed by atoms with Crippen LogP contribution >= 0.6 is 11.3 Å². The van der Waals surface area contributed by atoms with Gasteiger partial charge < -0.3 is 10.1 Å². The van der Waals surface area contributed by atoms with Crippen molar-refractivity contribution in [1.29, 1.82) is 0 Å². The van der Waals surface area contributed by atoms with Gasteiger partial charge in [0.2, 0.25) is 0 Å². The lowest BCUT2D eigenvalue weighted by Crippen LogP contribution is -2.41. The Morgan fingerprint density at radius 1 is 1.50 bits per heavy atom. The van der Waals surface area contributed by atoms with E-state index >= 15 is 0 Å². The van der Waals surface area contributed by atoms with Gasteiger partial charge in [-0.1, -0.05) is 13.8 Å². The average molecular weight is 321 g/mol. The number of ether oxygens (including phenoxy) is 1. The van der Waals surface area contributed by atoms with Crippen LogP contribution in [0, 0.1) is 18.3 Å². The van der Waals surface area contributed by atoms with Crippen molar-refractivity contribution < 1.29 is 9.53 Å². The minimum Gasteiger partial charge on any atom is -0.381 e. The predicted molar refractivity (Wildman–Crippen MR) is 87.5 cm³/mol. The number of thiazole rings is 1. The normalized spacial score (nSPS) is 17.0. The first kappa shape index (κ1) is 15.5. The molecule has 0 spiro atoms. The molecule has 1 aliphatic rings. The number of aryl methyl sites for hydroxylation is 1. The third-order valence-corrected chi connectivity index (χ3v) is 5.44. The van der Waals surface area contributed by atoms with Crippen LogP contribution in [-0.2, 0) is 4.74 Å². The summed E-state index contributed by atoms with van der Waals surface area (Å²) in [5.41, 5.74) is 1.51. The number of carbonyl (C=O) groups excluding carboxylic acids is 1. The Bertz CT molecular complexity index is 668. The number of nitrogens with one attached hydrogen (secondary N) is 1. The van der Waals surface area contributed by atoms with E-state index in [9.17, 15) is 4.79 Å². The fourth-order valence-electron chi connectivity index (χ4n) is 3.18. The maximum atomic E-state index is 12.6. The van der Waals surface area contributed by atoms with Crippen LogP contribution in [0.5, 0.6) is 0 Å². The Labute approximate surface area is 134 Å². The van der Waals surface area contributed by atoms with E-state index in [1.807, 2.05) is 22.9 Å². The summed E-state index contributed by atoms with van der Waals surface area (Å²) in [5.74, 6) is 0.554. The van der Waals surface area contributed by atoms with Gasteiger partial charge in [0.25, 0.3) is 5.91 Å². The molecule has 0 saturated carbocycles. The molecule has 2 aromatic heterocycles. The van der Waals surface area contributed by atoms with Crippen LogP contribution in [0.4, 0.5) is 0 Å². The van der Waals surface area contributed by atoms with Crippen molar-refractivity contribution >= 4 is 22.2 Å². The van der Waals surface area contributed by atoms with Gasteiger partial charge in [0.15, 0.2) is 4.96 Å². The van der Waals surface area contributed by atoms with Crippen molar-refractivity contribution in [3.05, 3.63) is 23.0 Å². The Kier molecular flexibility index (Phi) is 4.23. The largest absolute Gasteiger partial charge is 0.381 e.